The van der Waals surface area contributed by atoms with Gasteiger partial charge in [0.05, 0.1) is 20.4 Å². The van der Waals surface area contributed by atoms with E-state index < -0.39 is 0 Å². The second-order valence-electron chi connectivity index (χ2n) is 3.52. The number of nitrogens with zero attached hydrogens (tertiary/aromatic N) is 2. The fourth-order valence-electron chi connectivity index (χ4n) is 1.50. The molecule has 18 heavy (non-hydrogen) atoms. The van der Waals surface area contributed by atoms with E-state index in [4.69, 9.17) is 9.47 Å². The van der Waals surface area contributed by atoms with Gasteiger partial charge in [-0.2, -0.15) is 0 Å². The molecule has 0 radical (unpaired) electrons. The number of methoxy groups -OCH3 is 2. The predicted octanol–water partition coefficient (Wildman–Crippen LogP) is 1.72. The van der Waals surface area contributed by atoms with Crippen molar-refractivity contribution in [3.8, 4) is 11.5 Å². The molecule has 1 heterocycles. The summed E-state index contributed by atoms with van der Waals surface area (Å²) >= 11 is 0. The minimum atomic E-state index is -0.222. The van der Waals surface area contributed by atoms with Crippen molar-refractivity contribution in [2.24, 2.45) is 0 Å². The smallest absolute Gasteiger partial charge is 0.213 e. The standard InChI is InChI=1S/C13H12N2O3/c1-17-10-5-9(6-11(7-10)18-2)13(16)12-8-14-3-4-15-12/h3-8H,1-2H3. The number of hydrogen-bond acceptors (Lipinski definition) is 5. The Bertz CT molecular complexity index is 533. The van der Waals surface area contributed by atoms with Crippen LogP contribution in [0.4, 0.5) is 0 Å². The number of ether oxygens (including phenoxy) is 2. The van der Waals surface area contributed by atoms with Crippen LogP contribution in [0.1, 0.15) is 16.1 Å². The predicted molar refractivity (Wildman–Crippen MR) is 65.0 cm³/mol. The number of rotatable bonds is 4. The molecule has 1 aromatic carbocycles. The van der Waals surface area contributed by atoms with E-state index in [0.29, 0.717) is 17.1 Å². The van der Waals surface area contributed by atoms with Gasteiger partial charge in [-0.3, -0.25) is 9.78 Å². The van der Waals surface area contributed by atoms with Crippen LogP contribution in [-0.4, -0.2) is 30.0 Å². The van der Waals surface area contributed by atoms with Crippen molar-refractivity contribution in [1.82, 2.24) is 9.97 Å². The summed E-state index contributed by atoms with van der Waals surface area (Å²) in [6.07, 6.45) is 4.42. The van der Waals surface area contributed by atoms with Crippen molar-refractivity contribution in [2.45, 2.75) is 0 Å². The summed E-state index contributed by atoms with van der Waals surface area (Å²) in [5.41, 5.74) is 0.736. The van der Waals surface area contributed by atoms with Crippen molar-refractivity contribution < 1.29 is 14.3 Å². The molecule has 5 heteroatoms. The van der Waals surface area contributed by atoms with Crippen molar-refractivity contribution in [1.29, 1.82) is 0 Å². The van der Waals surface area contributed by atoms with E-state index in [1.54, 1.807) is 18.2 Å². The third kappa shape index (κ3) is 2.45. The summed E-state index contributed by atoms with van der Waals surface area (Å²) in [6, 6.07) is 4.98. The molecule has 0 fully saturated rings. The minimum absolute atomic E-state index is 0.222. The molecule has 0 spiro atoms. The van der Waals surface area contributed by atoms with Crippen molar-refractivity contribution in [2.75, 3.05) is 14.2 Å². The van der Waals surface area contributed by atoms with Crippen LogP contribution in [-0.2, 0) is 0 Å². The molecular formula is C13H12N2O3. The second kappa shape index (κ2) is 5.27. The number of benzene rings is 1. The summed E-state index contributed by atoms with van der Waals surface area (Å²) < 4.78 is 10.2. The molecule has 0 saturated carbocycles. The molecule has 0 aliphatic rings. The molecular weight excluding hydrogens is 232 g/mol. The highest BCUT2D eigenvalue weighted by Gasteiger charge is 2.13. The van der Waals surface area contributed by atoms with Crippen LogP contribution < -0.4 is 9.47 Å². The highest BCUT2D eigenvalue weighted by molar-refractivity contribution is 6.07. The Balaban J connectivity index is 2.41. The van der Waals surface area contributed by atoms with E-state index in [2.05, 4.69) is 9.97 Å². The summed E-state index contributed by atoms with van der Waals surface area (Å²) in [7, 11) is 3.07. The van der Waals surface area contributed by atoms with Gasteiger partial charge in [0.25, 0.3) is 0 Å². The molecule has 0 atom stereocenters. The molecule has 0 aliphatic heterocycles. The number of carbonyl (C=O) groups is 1. The van der Waals surface area contributed by atoms with E-state index >= 15 is 0 Å². The molecule has 2 rings (SSSR count). The molecule has 0 bridgehead atoms. The van der Waals surface area contributed by atoms with Crippen LogP contribution in [0.3, 0.4) is 0 Å². The summed E-state index contributed by atoms with van der Waals surface area (Å²) in [4.78, 5) is 20.0. The van der Waals surface area contributed by atoms with E-state index in [9.17, 15) is 4.79 Å². The van der Waals surface area contributed by atoms with Crippen molar-refractivity contribution >= 4 is 5.78 Å². The lowest BCUT2D eigenvalue weighted by Crippen LogP contribution is -2.05. The largest absolute Gasteiger partial charge is 0.497 e. The first-order chi connectivity index (χ1) is 8.74. The average molecular weight is 244 g/mol. The first-order valence-corrected chi connectivity index (χ1v) is 5.28. The van der Waals surface area contributed by atoms with Crippen LogP contribution in [0.2, 0.25) is 0 Å². The van der Waals surface area contributed by atoms with Gasteiger partial charge >= 0.3 is 0 Å². The number of aromatic nitrogens is 2. The number of hydrogen-bond donors (Lipinski definition) is 0. The van der Waals surface area contributed by atoms with Gasteiger partial charge in [0.15, 0.2) is 0 Å². The Morgan fingerprint density at radius 3 is 2.22 bits per heavy atom. The van der Waals surface area contributed by atoms with Crippen LogP contribution in [0.25, 0.3) is 0 Å². The molecule has 0 unspecified atom stereocenters. The van der Waals surface area contributed by atoms with Gasteiger partial charge < -0.3 is 9.47 Å². The fourth-order valence-corrected chi connectivity index (χ4v) is 1.50. The Labute approximate surface area is 104 Å². The SMILES string of the molecule is COc1cc(OC)cc(C(=O)c2cnccn2)c1. The zero-order valence-electron chi connectivity index (χ0n) is 10.1. The molecule has 92 valence electrons. The maximum atomic E-state index is 12.2. The molecule has 0 aliphatic carbocycles. The summed E-state index contributed by atoms with van der Waals surface area (Å²) in [5, 5.41) is 0. The molecule has 0 saturated heterocycles. The van der Waals surface area contributed by atoms with Gasteiger partial charge in [0.2, 0.25) is 5.78 Å². The molecule has 2 aromatic rings. The average Bonchev–Trinajstić information content (AvgIpc) is 2.46. The first-order valence-electron chi connectivity index (χ1n) is 5.28. The van der Waals surface area contributed by atoms with Gasteiger partial charge in [-0.25, -0.2) is 4.98 Å². The topological polar surface area (TPSA) is 61.3 Å². The molecule has 0 amide bonds. The maximum Gasteiger partial charge on any atom is 0.213 e. The van der Waals surface area contributed by atoms with E-state index in [1.165, 1.54) is 32.8 Å². The zero-order chi connectivity index (χ0) is 13.0. The number of carbonyl (C=O) groups excluding carboxylic acids is 1. The van der Waals surface area contributed by atoms with Crippen molar-refractivity contribution in [3.63, 3.8) is 0 Å². The van der Waals surface area contributed by atoms with Gasteiger partial charge in [0, 0.05) is 24.0 Å². The summed E-state index contributed by atoms with van der Waals surface area (Å²) in [5.74, 6) is 0.892. The molecule has 0 N–H and O–H groups in total. The van der Waals surface area contributed by atoms with Gasteiger partial charge in [-0.05, 0) is 12.1 Å². The lowest BCUT2D eigenvalue weighted by Gasteiger charge is -2.07. The third-order valence-electron chi connectivity index (χ3n) is 2.41. The Kier molecular flexibility index (Phi) is 3.52. The maximum absolute atomic E-state index is 12.2. The Morgan fingerprint density at radius 2 is 1.72 bits per heavy atom. The zero-order valence-corrected chi connectivity index (χ0v) is 10.1. The first kappa shape index (κ1) is 12.0. The lowest BCUT2D eigenvalue weighted by molar-refractivity contribution is 0.103. The fraction of sp³-hybridized carbons (Fsp3) is 0.154. The Morgan fingerprint density at radius 1 is 1.06 bits per heavy atom. The highest BCUT2D eigenvalue weighted by atomic mass is 16.5. The van der Waals surface area contributed by atoms with Crippen LogP contribution in [0, 0.1) is 0 Å². The summed E-state index contributed by atoms with van der Waals surface area (Å²) in [6.45, 7) is 0. The van der Waals surface area contributed by atoms with Gasteiger partial charge in [-0.1, -0.05) is 0 Å². The molecule has 1 aromatic heterocycles. The van der Waals surface area contributed by atoms with Crippen LogP contribution >= 0.6 is 0 Å². The molecule has 5 nitrogen and oxygen atoms in total. The monoisotopic (exact) mass is 244 g/mol. The third-order valence-corrected chi connectivity index (χ3v) is 2.41. The van der Waals surface area contributed by atoms with Crippen LogP contribution in [0.15, 0.2) is 36.8 Å². The van der Waals surface area contributed by atoms with E-state index in [1.807, 2.05) is 0 Å². The number of ketones is 1. The lowest BCUT2D eigenvalue weighted by atomic mass is 10.1. The normalized spacial score (nSPS) is 9.89. The van der Waals surface area contributed by atoms with Gasteiger partial charge in [-0.15, -0.1) is 0 Å². The van der Waals surface area contributed by atoms with Gasteiger partial charge in [0.1, 0.15) is 17.2 Å². The Hall–Kier alpha value is -2.43. The quantitative estimate of drug-likeness (QED) is 0.766. The van der Waals surface area contributed by atoms with Crippen molar-refractivity contribution in [3.05, 3.63) is 48.0 Å². The van der Waals surface area contributed by atoms with E-state index in [0.717, 1.165) is 0 Å². The highest BCUT2D eigenvalue weighted by Crippen LogP contribution is 2.23. The van der Waals surface area contributed by atoms with E-state index in [-0.39, 0.29) is 11.5 Å². The van der Waals surface area contributed by atoms with Crippen LogP contribution in [0.5, 0.6) is 11.5 Å². The minimum Gasteiger partial charge on any atom is -0.497 e. The second-order valence-corrected chi connectivity index (χ2v) is 3.52.